The first-order valence-corrected chi connectivity index (χ1v) is 4.32. The van der Waals surface area contributed by atoms with Gasteiger partial charge in [0.1, 0.15) is 0 Å². The van der Waals surface area contributed by atoms with Crippen LogP contribution in [-0.4, -0.2) is 9.78 Å². The number of hydrogen-bond acceptors (Lipinski definition) is 2. The third-order valence-corrected chi connectivity index (χ3v) is 1.88. The van der Waals surface area contributed by atoms with Crippen LogP contribution in [0.4, 0.5) is 0 Å². The van der Waals surface area contributed by atoms with E-state index in [4.69, 9.17) is 5.26 Å². The molecule has 13 heavy (non-hydrogen) atoms. The molecule has 0 amide bonds. The highest BCUT2D eigenvalue weighted by Gasteiger charge is 2.05. The fraction of sp³-hybridized carbons (Fsp3) is 0.556. The molecule has 0 atom stereocenters. The van der Waals surface area contributed by atoms with Gasteiger partial charge in [0.2, 0.25) is 0 Å². The molecule has 4 nitrogen and oxygen atoms in total. The number of rotatable bonds is 3. The summed E-state index contributed by atoms with van der Waals surface area (Å²) >= 11 is 0. The molecule has 0 bridgehead atoms. The Balaban J connectivity index is 2.85. The van der Waals surface area contributed by atoms with Gasteiger partial charge in [-0.25, -0.2) is 0 Å². The van der Waals surface area contributed by atoms with Gasteiger partial charge in [-0.3, -0.25) is 14.6 Å². The number of aromatic nitrogens is 2. The molecule has 0 aromatic carbocycles. The first-order valence-electron chi connectivity index (χ1n) is 4.32. The number of nitriles is 1. The molecule has 0 saturated carbocycles. The van der Waals surface area contributed by atoms with E-state index in [-0.39, 0.29) is 5.56 Å². The fourth-order valence-electron chi connectivity index (χ4n) is 1.08. The third-order valence-electron chi connectivity index (χ3n) is 1.88. The molecule has 0 aliphatic carbocycles. The van der Waals surface area contributed by atoms with E-state index in [0.29, 0.717) is 18.9 Å². The van der Waals surface area contributed by atoms with Crippen LogP contribution in [0.2, 0.25) is 0 Å². The van der Waals surface area contributed by atoms with Gasteiger partial charge in [-0.05, 0) is 5.92 Å². The maximum atomic E-state index is 11.3. The minimum Gasteiger partial charge on any atom is -0.299 e. The molecule has 0 fully saturated rings. The number of hydrogen-bond donors (Lipinski definition) is 1. The summed E-state index contributed by atoms with van der Waals surface area (Å²) in [6.07, 6.45) is 0.359. The van der Waals surface area contributed by atoms with Crippen molar-refractivity contribution in [1.29, 1.82) is 5.26 Å². The lowest BCUT2D eigenvalue weighted by molar-refractivity contribution is 0.593. The van der Waals surface area contributed by atoms with Gasteiger partial charge in [-0.1, -0.05) is 13.8 Å². The molecule has 1 heterocycles. The molecular formula is C9H13N3O. The predicted molar refractivity (Wildman–Crippen MR) is 49.4 cm³/mol. The topological polar surface area (TPSA) is 61.6 Å². The Hall–Kier alpha value is -1.50. The SMILES string of the molecule is CC(C)c1cc(=O)n(CCC#N)[nH]1. The molecule has 0 aliphatic rings. The molecule has 70 valence electrons. The number of H-pyrrole nitrogens is 1. The van der Waals surface area contributed by atoms with Gasteiger partial charge in [0.15, 0.2) is 0 Å². The molecule has 1 N–H and O–H groups in total. The van der Waals surface area contributed by atoms with Crippen LogP contribution < -0.4 is 5.56 Å². The highest BCUT2D eigenvalue weighted by Crippen LogP contribution is 2.07. The summed E-state index contributed by atoms with van der Waals surface area (Å²) in [5.41, 5.74) is 0.863. The van der Waals surface area contributed by atoms with E-state index in [2.05, 4.69) is 5.10 Å². The third kappa shape index (κ3) is 2.22. The van der Waals surface area contributed by atoms with Gasteiger partial charge in [-0.15, -0.1) is 0 Å². The number of aryl methyl sites for hydroxylation is 1. The Morgan fingerprint density at radius 1 is 1.69 bits per heavy atom. The fourth-order valence-corrected chi connectivity index (χ4v) is 1.08. The molecular weight excluding hydrogens is 166 g/mol. The maximum Gasteiger partial charge on any atom is 0.266 e. The summed E-state index contributed by atoms with van der Waals surface area (Å²) in [5.74, 6) is 0.316. The molecule has 4 heteroatoms. The van der Waals surface area contributed by atoms with Gasteiger partial charge in [0, 0.05) is 11.8 Å². The zero-order chi connectivity index (χ0) is 9.84. The highest BCUT2D eigenvalue weighted by molar-refractivity contribution is 5.04. The van der Waals surface area contributed by atoms with E-state index in [1.807, 2.05) is 19.9 Å². The van der Waals surface area contributed by atoms with Crippen LogP contribution >= 0.6 is 0 Å². The molecule has 1 aromatic heterocycles. The van der Waals surface area contributed by atoms with E-state index in [1.54, 1.807) is 6.07 Å². The first-order chi connectivity index (χ1) is 6.15. The van der Waals surface area contributed by atoms with Crippen molar-refractivity contribution in [1.82, 2.24) is 9.78 Å². The summed E-state index contributed by atoms with van der Waals surface area (Å²) in [6, 6.07) is 3.59. The molecule has 1 aromatic rings. The molecule has 0 radical (unpaired) electrons. The van der Waals surface area contributed by atoms with Crippen LogP contribution in [0.25, 0.3) is 0 Å². The summed E-state index contributed by atoms with van der Waals surface area (Å²) in [6.45, 7) is 4.47. The average Bonchev–Trinajstić information content (AvgIpc) is 2.44. The van der Waals surface area contributed by atoms with E-state index in [0.717, 1.165) is 5.69 Å². The first kappa shape index (κ1) is 9.59. The van der Waals surface area contributed by atoms with Crippen molar-refractivity contribution in [3.8, 4) is 6.07 Å². The van der Waals surface area contributed by atoms with Gasteiger partial charge in [-0.2, -0.15) is 5.26 Å². The standard InChI is InChI=1S/C9H13N3O/c1-7(2)8-6-9(13)12(11-8)5-3-4-10/h6-7,11H,3,5H2,1-2H3. The maximum absolute atomic E-state index is 11.3. The number of nitrogens with zero attached hydrogens (tertiary/aromatic N) is 2. The molecule has 0 unspecified atom stereocenters. The van der Waals surface area contributed by atoms with Crippen molar-refractivity contribution in [2.24, 2.45) is 0 Å². The Morgan fingerprint density at radius 3 is 2.85 bits per heavy atom. The van der Waals surface area contributed by atoms with Crippen molar-refractivity contribution in [2.45, 2.75) is 32.7 Å². The van der Waals surface area contributed by atoms with E-state index >= 15 is 0 Å². The van der Waals surface area contributed by atoms with Crippen molar-refractivity contribution in [2.75, 3.05) is 0 Å². The van der Waals surface area contributed by atoms with Gasteiger partial charge in [0.25, 0.3) is 5.56 Å². The van der Waals surface area contributed by atoms with Crippen LogP contribution in [0.5, 0.6) is 0 Å². The molecule has 0 spiro atoms. The lowest BCUT2D eigenvalue weighted by Gasteiger charge is -2.00. The van der Waals surface area contributed by atoms with Crippen LogP contribution in [0.15, 0.2) is 10.9 Å². The van der Waals surface area contributed by atoms with Crippen LogP contribution in [0.1, 0.15) is 31.9 Å². The van der Waals surface area contributed by atoms with E-state index in [1.165, 1.54) is 4.68 Å². The Morgan fingerprint density at radius 2 is 2.38 bits per heavy atom. The van der Waals surface area contributed by atoms with E-state index < -0.39 is 0 Å². The summed E-state index contributed by atoms with van der Waals surface area (Å²) in [4.78, 5) is 11.3. The minimum atomic E-state index is -0.0565. The highest BCUT2D eigenvalue weighted by atomic mass is 16.1. The molecule has 1 rings (SSSR count). The van der Waals surface area contributed by atoms with Gasteiger partial charge in [0.05, 0.1) is 19.0 Å². The number of nitrogens with one attached hydrogen (secondary N) is 1. The van der Waals surface area contributed by atoms with Crippen LogP contribution in [0, 0.1) is 11.3 Å². The second-order valence-corrected chi connectivity index (χ2v) is 3.26. The van der Waals surface area contributed by atoms with Crippen molar-refractivity contribution in [3.63, 3.8) is 0 Å². The van der Waals surface area contributed by atoms with Crippen LogP contribution in [-0.2, 0) is 6.54 Å². The molecule has 0 saturated heterocycles. The normalized spacial score (nSPS) is 10.3. The van der Waals surface area contributed by atoms with Crippen molar-refractivity contribution < 1.29 is 0 Å². The Labute approximate surface area is 76.8 Å². The Bertz CT molecular complexity index is 367. The van der Waals surface area contributed by atoms with Gasteiger partial charge >= 0.3 is 0 Å². The quantitative estimate of drug-likeness (QED) is 0.758. The smallest absolute Gasteiger partial charge is 0.266 e. The predicted octanol–water partition coefficient (Wildman–Crippen LogP) is 1.21. The zero-order valence-electron chi connectivity index (χ0n) is 7.87. The van der Waals surface area contributed by atoms with E-state index in [9.17, 15) is 4.79 Å². The lowest BCUT2D eigenvalue weighted by Crippen LogP contribution is -2.15. The van der Waals surface area contributed by atoms with Gasteiger partial charge < -0.3 is 0 Å². The largest absolute Gasteiger partial charge is 0.299 e. The minimum absolute atomic E-state index is 0.0565. The van der Waals surface area contributed by atoms with Crippen molar-refractivity contribution >= 4 is 0 Å². The summed E-state index contributed by atoms with van der Waals surface area (Å²) < 4.78 is 1.47. The monoisotopic (exact) mass is 179 g/mol. The lowest BCUT2D eigenvalue weighted by atomic mass is 10.1. The molecule has 0 aliphatic heterocycles. The second kappa shape index (κ2) is 3.94. The average molecular weight is 179 g/mol. The summed E-state index contributed by atoms with van der Waals surface area (Å²) in [5, 5.41) is 11.3. The Kier molecular flexibility index (Phi) is 2.91. The zero-order valence-corrected chi connectivity index (χ0v) is 7.87. The summed E-state index contributed by atoms with van der Waals surface area (Å²) in [7, 11) is 0. The van der Waals surface area contributed by atoms with Crippen LogP contribution in [0.3, 0.4) is 0 Å². The van der Waals surface area contributed by atoms with Crippen molar-refractivity contribution in [3.05, 3.63) is 22.1 Å². The number of aromatic amines is 1. The second-order valence-electron chi connectivity index (χ2n) is 3.26.